The molecular formula is C20H20N4O2S. The van der Waals surface area contributed by atoms with Crippen molar-refractivity contribution in [2.75, 3.05) is 23.5 Å². The van der Waals surface area contributed by atoms with Gasteiger partial charge in [-0.2, -0.15) is 0 Å². The largest absolute Gasteiger partial charge is 0.497 e. The summed E-state index contributed by atoms with van der Waals surface area (Å²) in [5.74, 6) is 1.72. The third kappa shape index (κ3) is 6.00. The van der Waals surface area contributed by atoms with Crippen molar-refractivity contribution in [3.63, 3.8) is 0 Å². The second-order valence-corrected chi connectivity index (χ2v) is 6.66. The standard InChI is InChI=1S/C20H20N4O2S/c1-26-17-9-7-15(8-10-17)13-21-18-11-12-20(24-23-18)27-14-19(25)22-16-5-3-2-4-6-16/h2-12H,13-14H2,1H3,(H,21,23)(H,22,25). The minimum absolute atomic E-state index is 0.0743. The molecule has 1 amide bonds. The van der Waals surface area contributed by atoms with Crippen molar-refractivity contribution in [3.05, 3.63) is 72.3 Å². The number of carbonyl (C=O) groups is 1. The molecule has 0 unspecified atom stereocenters. The fraction of sp³-hybridized carbons (Fsp3) is 0.150. The Balaban J connectivity index is 1.44. The fourth-order valence-corrected chi connectivity index (χ4v) is 2.90. The molecule has 0 radical (unpaired) electrons. The van der Waals surface area contributed by atoms with E-state index in [2.05, 4.69) is 20.8 Å². The van der Waals surface area contributed by atoms with E-state index in [9.17, 15) is 4.79 Å². The average Bonchev–Trinajstić information content (AvgIpc) is 2.72. The lowest BCUT2D eigenvalue weighted by Crippen LogP contribution is -2.14. The Hall–Kier alpha value is -3.06. The van der Waals surface area contributed by atoms with E-state index in [1.807, 2.05) is 66.7 Å². The van der Waals surface area contributed by atoms with Gasteiger partial charge in [0, 0.05) is 12.2 Å². The van der Waals surface area contributed by atoms with E-state index >= 15 is 0 Å². The number of amides is 1. The summed E-state index contributed by atoms with van der Waals surface area (Å²) in [4.78, 5) is 12.0. The van der Waals surface area contributed by atoms with Crippen molar-refractivity contribution in [2.24, 2.45) is 0 Å². The van der Waals surface area contributed by atoms with Gasteiger partial charge in [0.15, 0.2) is 0 Å². The number of methoxy groups -OCH3 is 1. The van der Waals surface area contributed by atoms with Gasteiger partial charge in [-0.15, -0.1) is 10.2 Å². The van der Waals surface area contributed by atoms with Gasteiger partial charge in [0.05, 0.1) is 12.9 Å². The number of thioether (sulfide) groups is 1. The van der Waals surface area contributed by atoms with Crippen LogP contribution in [0.2, 0.25) is 0 Å². The quantitative estimate of drug-likeness (QED) is 0.579. The first kappa shape index (κ1) is 18.7. The first-order valence-corrected chi connectivity index (χ1v) is 9.40. The molecule has 1 aromatic heterocycles. The van der Waals surface area contributed by atoms with Crippen LogP contribution in [0.4, 0.5) is 11.5 Å². The van der Waals surface area contributed by atoms with Crippen LogP contribution in [0.1, 0.15) is 5.56 Å². The number of nitrogens with one attached hydrogen (secondary N) is 2. The molecule has 0 atom stereocenters. The summed E-state index contributed by atoms with van der Waals surface area (Å²) in [5, 5.41) is 15.1. The molecule has 7 heteroatoms. The molecule has 6 nitrogen and oxygen atoms in total. The highest BCUT2D eigenvalue weighted by atomic mass is 32.2. The molecular weight excluding hydrogens is 360 g/mol. The smallest absolute Gasteiger partial charge is 0.234 e. The second kappa shape index (κ2) is 9.59. The summed E-state index contributed by atoms with van der Waals surface area (Å²) < 4.78 is 5.14. The molecule has 0 aliphatic carbocycles. The van der Waals surface area contributed by atoms with Crippen LogP contribution < -0.4 is 15.4 Å². The van der Waals surface area contributed by atoms with Crippen molar-refractivity contribution in [3.8, 4) is 5.75 Å². The van der Waals surface area contributed by atoms with Crippen molar-refractivity contribution >= 4 is 29.2 Å². The first-order chi connectivity index (χ1) is 13.2. The van der Waals surface area contributed by atoms with Crippen LogP contribution in [0.5, 0.6) is 5.75 Å². The Morgan fingerprint density at radius 3 is 2.44 bits per heavy atom. The van der Waals surface area contributed by atoms with Gasteiger partial charge in [-0.3, -0.25) is 4.79 Å². The number of aromatic nitrogens is 2. The molecule has 0 spiro atoms. The van der Waals surface area contributed by atoms with Gasteiger partial charge < -0.3 is 15.4 Å². The van der Waals surface area contributed by atoms with E-state index in [0.29, 0.717) is 17.4 Å². The number of nitrogens with zero attached hydrogens (tertiary/aromatic N) is 2. The molecule has 0 saturated carbocycles. The number of rotatable bonds is 8. The number of anilines is 2. The molecule has 0 bridgehead atoms. The van der Waals surface area contributed by atoms with E-state index < -0.39 is 0 Å². The maximum Gasteiger partial charge on any atom is 0.234 e. The van der Waals surface area contributed by atoms with E-state index in [4.69, 9.17) is 4.74 Å². The number of carbonyl (C=O) groups excluding carboxylic acids is 1. The van der Waals surface area contributed by atoms with E-state index in [1.54, 1.807) is 7.11 Å². The fourth-order valence-electron chi connectivity index (χ4n) is 2.29. The molecule has 3 rings (SSSR count). The van der Waals surface area contributed by atoms with Crippen LogP contribution in [-0.2, 0) is 11.3 Å². The minimum Gasteiger partial charge on any atom is -0.497 e. The van der Waals surface area contributed by atoms with Gasteiger partial charge >= 0.3 is 0 Å². The normalized spacial score (nSPS) is 10.3. The molecule has 3 aromatic rings. The maximum atomic E-state index is 12.0. The minimum atomic E-state index is -0.0743. The van der Waals surface area contributed by atoms with Crippen LogP contribution in [0, 0.1) is 0 Å². The first-order valence-electron chi connectivity index (χ1n) is 8.41. The summed E-state index contributed by atoms with van der Waals surface area (Å²) in [7, 11) is 1.65. The van der Waals surface area contributed by atoms with Gasteiger partial charge in [-0.05, 0) is 42.0 Å². The summed E-state index contributed by atoms with van der Waals surface area (Å²) in [6, 6.07) is 20.9. The highest BCUT2D eigenvalue weighted by Crippen LogP contribution is 2.17. The average molecular weight is 380 g/mol. The summed E-state index contributed by atoms with van der Waals surface area (Å²) in [5.41, 5.74) is 1.90. The van der Waals surface area contributed by atoms with Crippen molar-refractivity contribution < 1.29 is 9.53 Å². The predicted octanol–water partition coefficient (Wildman–Crippen LogP) is 3.83. The van der Waals surface area contributed by atoms with Crippen molar-refractivity contribution in [2.45, 2.75) is 11.6 Å². The molecule has 27 heavy (non-hydrogen) atoms. The zero-order valence-corrected chi connectivity index (χ0v) is 15.7. The molecule has 2 aromatic carbocycles. The third-order valence-corrected chi connectivity index (χ3v) is 4.60. The number of benzene rings is 2. The number of hydrogen-bond donors (Lipinski definition) is 2. The predicted molar refractivity (Wildman–Crippen MR) is 108 cm³/mol. The summed E-state index contributed by atoms with van der Waals surface area (Å²) in [6.07, 6.45) is 0. The lowest BCUT2D eigenvalue weighted by atomic mass is 10.2. The number of hydrogen-bond acceptors (Lipinski definition) is 6. The van der Waals surface area contributed by atoms with Gasteiger partial charge in [0.2, 0.25) is 5.91 Å². The van der Waals surface area contributed by atoms with E-state index in [0.717, 1.165) is 17.0 Å². The Kier molecular flexibility index (Phi) is 6.65. The highest BCUT2D eigenvalue weighted by molar-refractivity contribution is 7.99. The van der Waals surface area contributed by atoms with Crippen LogP contribution in [0.25, 0.3) is 0 Å². The molecule has 2 N–H and O–H groups in total. The summed E-state index contributed by atoms with van der Waals surface area (Å²) >= 11 is 1.35. The van der Waals surface area contributed by atoms with Gasteiger partial charge in [0.25, 0.3) is 0 Å². The number of ether oxygens (including phenoxy) is 1. The molecule has 0 fully saturated rings. The Morgan fingerprint density at radius 2 is 1.78 bits per heavy atom. The zero-order valence-electron chi connectivity index (χ0n) is 14.9. The third-order valence-electron chi connectivity index (χ3n) is 3.68. The molecule has 0 aliphatic heterocycles. The highest BCUT2D eigenvalue weighted by Gasteiger charge is 2.05. The van der Waals surface area contributed by atoms with Crippen molar-refractivity contribution in [1.29, 1.82) is 0 Å². The van der Waals surface area contributed by atoms with Crippen molar-refractivity contribution in [1.82, 2.24) is 10.2 Å². The molecule has 1 heterocycles. The second-order valence-electron chi connectivity index (χ2n) is 5.66. The molecule has 0 saturated heterocycles. The molecule has 0 aliphatic rings. The Bertz CT molecular complexity index is 855. The Labute approximate surface area is 162 Å². The van der Waals surface area contributed by atoms with Crippen LogP contribution >= 0.6 is 11.8 Å². The molecule has 138 valence electrons. The number of para-hydroxylation sites is 1. The van der Waals surface area contributed by atoms with Crippen LogP contribution in [-0.4, -0.2) is 29.0 Å². The van der Waals surface area contributed by atoms with E-state index in [-0.39, 0.29) is 11.7 Å². The summed E-state index contributed by atoms with van der Waals surface area (Å²) in [6.45, 7) is 0.643. The monoisotopic (exact) mass is 380 g/mol. The van der Waals surface area contributed by atoms with Gasteiger partial charge in [-0.1, -0.05) is 42.1 Å². The van der Waals surface area contributed by atoms with Crippen LogP contribution in [0.3, 0.4) is 0 Å². The van der Waals surface area contributed by atoms with E-state index in [1.165, 1.54) is 11.8 Å². The van der Waals surface area contributed by atoms with Gasteiger partial charge in [-0.25, -0.2) is 0 Å². The zero-order chi connectivity index (χ0) is 18.9. The Morgan fingerprint density at radius 1 is 1.00 bits per heavy atom. The lowest BCUT2D eigenvalue weighted by molar-refractivity contribution is -0.113. The lowest BCUT2D eigenvalue weighted by Gasteiger charge is -2.07. The van der Waals surface area contributed by atoms with Crippen LogP contribution in [0.15, 0.2) is 71.8 Å². The maximum absolute atomic E-state index is 12.0. The van der Waals surface area contributed by atoms with Gasteiger partial charge in [0.1, 0.15) is 16.6 Å². The topological polar surface area (TPSA) is 76.1 Å². The SMILES string of the molecule is COc1ccc(CNc2ccc(SCC(=O)Nc3ccccc3)nn2)cc1.